The summed E-state index contributed by atoms with van der Waals surface area (Å²) in [6.07, 6.45) is 3.31. The van der Waals surface area contributed by atoms with Crippen LogP contribution >= 0.6 is 0 Å². The molecule has 100 valence electrons. The third kappa shape index (κ3) is 2.16. The van der Waals surface area contributed by atoms with E-state index in [1.807, 2.05) is 40.8 Å². The van der Waals surface area contributed by atoms with Gasteiger partial charge in [0.2, 0.25) is 0 Å². The van der Waals surface area contributed by atoms with E-state index in [2.05, 4.69) is 4.98 Å². The van der Waals surface area contributed by atoms with Gasteiger partial charge in [0, 0.05) is 6.42 Å². The highest BCUT2D eigenvalue weighted by molar-refractivity contribution is 5.74. The van der Waals surface area contributed by atoms with Crippen LogP contribution in [0, 0.1) is 0 Å². The number of imidazole rings is 1. The van der Waals surface area contributed by atoms with Crippen molar-refractivity contribution < 1.29 is 9.53 Å². The first-order valence-electron chi connectivity index (χ1n) is 6.35. The molecule has 4 nitrogen and oxygen atoms in total. The zero-order valence-electron chi connectivity index (χ0n) is 11.1. The van der Waals surface area contributed by atoms with Gasteiger partial charge in [-0.3, -0.25) is 9.20 Å². The van der Waals surface area contributed by atoms with Gasteiger partial charge in [-0.25, -0.2) is 4.98 Å². The lowest BCUT2D eigenvalue weighted by Crippen LogP contribution is -2.01. The second-order valence-electron chi connectivity index (χ2n) is 4.53. The number of aromatic nitrogens is 2. The maximum atomic E-state index is 11.1. The summed E-state index contributed by atoms with van der Waals surface area (Å²) in [4.78, 5) is 15.6. The summed E-state index contributed by atoms with van der Waals surface area (Å²) in [6, 6.07) is 13.4. The summed E-state index contributed by atoms with van der Waals surface area (Å²) in [5, 5.41) is 0. The van der Waals surface area contributed by atoms with Crippen LogP contribution in [0.5, 0.6) is 5.75 Å². The Morgan fingerprint density at radius 1 is 1.20 bits per heavy atom. The fourth-order valence-electron chi connectivity index (χ4n) is 2.28. The lowest BCUT2D eigenvalue weighted by atomic mass is 10.1. The van der Waals surface area contributed by atoms with E-state index in [0.29, 0.717) is 12.1 Å². The van der Waals surface area contributed by atoms with Crippen molar-refractivity contribution >= 4 is 11.8 Å². The number of rotatable bonds is 4. The molecule has 2 heterocycles. The fourth-order valence-corrected chi connectivity index (χ4v) is 2.28. The minimum Gasteiger partial charge on any atom is -0.497 e. The highest BCUT2D eigenvalue weighted by atomic mass is 16.5. The van der Waals surface area contributed by atoms with Crippen LogP contribution in [0.4, 0.5) is 0 Å². The van der Waals surface area contributed by atoms with Crippen molar-refractivity contribution in [1.29, 1.82) is 0 Å². The third-order valence-corrected chi connectivity index (χ3v) is 3.30. The highest BCUT2D eigenvalue weighted by Crippen LogP contribution is 2.16. The molecule has 0 radical (unpaired) electrons. The van der Waals surface area contributed by atoms with Crippen LogP contribution in [-0.2, 0) is 6.42 Å². The summed E-state index contributed by atoms with van der Waals surface area (Å²) in [7, 11) is 1.65. The van der Waals surface area contributed by atoms with Gasteiger partial charge in [-0.05, 0) is 29.8 Å². The van der Waals surface area contributed by atoms with E-state index in [4.69, 9.17) is 4.74 Å². The van der Waals surface area contributed by atoms with Gasteiger partial charge in [0.1, 0.15) is 11.6 Å². The maximum Gasteiger partial charge on any atom is 0.166 e. The Labute approximate surface area is 116 Å². The average molecular weight is 266 g/mol. The number of fused-ring (bicyclic) bond motifs is 1. The van der Waals surface area contributed by atoms with E-state index in [1.165, 1.54) is 0 Å². The lowest BCUT2D eigenvalue weighted by molar-refractivity contribution is 0.111. The molecule has 0 aliphatic rings. The Bertz CT molecular complexity index is 745. The first-order chi connectivity index (χ1) is 9.81. The number of hydrogen-bond donors (Lipinski definition) is 0. The summed E-state index contributed by atoms with van der Waals surface area (Å²) >= 11 is 0. The molecule has 0 aliphatic heterocycles. The first kappa shape index (κ1) is 12.4. The molecule has 3 rings (SSSR count). The van der Waals surface area contributed by atoms with Gasteiger partial charge in [0.15, 0.2) is 6.29 Å². The average Bonchev–Trinajstić information content (AvgIpc) is 2.91. The summed E-state index contributed by atoms with van der Waals surface area (Å²) in [5.41, 5.74) is 2.67. The Hall–Kier alpha value is -2.62. The minimum atomic E-state index is 0.614. The maximum absolute atomic E-state index is 11.1. The third-order valence-electron chi connectivity index (χ3n) is 3.30. The van der Waals surface area contributed by atoms with Gasteiger partial charge in [0.25, 0.3) is 0 Å². The number of carbonyl (C=O) groups excluding carboxylic acids is 1. The zero-order valence-corrected chi connectivity index (χ0v) is 11.1. The molecule has 1 aromatic carbocycles. The molecule has 0 atom stereocenters. The number of nitrogens with zero attached hydrogens (tertiary/aromatic N) is 2. The van der Waals surface area contributed by atoms with Crippen LogP contribution in [0.2, 0.25) is 0 Å². The molecule has 20 heavy (non-hydrogen) atoms. The van der Waals surface area contributed by atoms with Crippen molar-refractivity contribution in [2.75, 3.05) is 7.11 Å². The van der Waals surface area contributed by atoms with Gasteiger partial charge in [-0.1, -0.05) is 18.2 Å². The van der Waals surface area contributed by atoms with Crippen LogP contribution < -0.4 is 4.74 Å². The van der Waals surface area contributed by atoms with Crippen molar-refractivity contribution in [2.24, 2.45) is 0 Å². The van der Waals surface area contributed by atoms with Gasteiger partial charge in [0.05, 0.1) is 24.5 Å². The topological polar surface area (TPSA) is 43.6 Å². The molecule has 0 fully saturated rings. The minimum absolute atomic E-state index is 0.614. The molecule has 2 aromatic heterocycles. The van der Waals surface area contributed by atoms with Crippen LogP contribution in [0.1, 0.15) is 21.9 Å². The van der Waals surface area contributed by atoms with Crippen molar-refractivity contribution in [2.45, 2.75) is 6.42 Å². The molecule has 3 aromatic rings. The predicted octanol–water partition coefficient (Wildman–Crippen LogP) is 2.75. The van der Waals surface area contributed by atoms with Gasteiger partial charge >= 0.3 is 0 Å². The van der Waals surface area contributed by atoms with E-state index in [9.17, 15) is 4.79 Å². The molecule has 0 unspecified atom stereocenters. The standard InChI is InChI=1S/C16H14N2O2/c1-20-15-7-5-12(6-8-15)9-16-17-10-13-3-2-4-14(11-19)18(13)16/h2-8,10-11H,9H2,1H3. The number of pyridine rings is 1. The summed E-state index contributed by atoms with van der Waals surface area (Å²) < 4.78 is 7.03. The SMILES string of the molecule is COc1ccc(Cc2ncc3cccc(C=O)n23)cc1. The number of aldehydes is 1. The number of carbonyl (C=O) groups is 1. The Morgan fingerprint density at radius 3 is 2.70 bits per heavy atom. The Kier molecular flexibility index (Phi) is 3.21. The van der Waals surface area contributed by atoms with Gasteiger partial charge < -0.3 is 4.74 Å². The van der Waals surface area contributed by atoms with Crippen molar-refractivity contribution in [3.63, 3.8) is 0 Å². The zero-order chi connectivity index (χ0) is 13.9. The van der Waals surface area contributed by atoms with Gasteiger partial charge in [-0.15, -0.1) is 0 Å². The number of hydrogen-bond acceptors (Lipinski definition) is 3. The number of ether oxygens (including phenoxy) is 1. The van der Waals surface area contributed by atoms with Gasteiger partial charge in [-0.2, -0.15) is 0 Å². The predicted molar refractivity (Wildman–Crippen MR) is 76.4 cm³/mol. The van der Waals surface area contributed by atoms with E-state index >= 15 is 0 Å². The Morgan fingerprint density at radius 2 is 2.00 bits per heavy atom. The first-order valence-corrected chi connectivity index (χ1v) is 6.35. The quantitative estimate of drug-likeness (QED) is 0.682. The number of benzene rings is 1. The smallest absolute Gasteiger partial charge is 0.166 e. The molecular formula is C16H14N2O2. The molecule has 0 saturated carbocycles. The second kappa shape index (κ2) is 5.17. The largest absolute Gasteiger partial charge is 0.497 e. The molecule has 0 bridgehead atoms. The van der Waals surface area contributed by atoms with E-state index < -0.39 is 0 Å². The van der Waals surface area contributed by atoms with E-state index in [1.54, 1.807) is 19.4 Å². The van der Waals surface area contributed by atoms with Crippen molar-refractivity contribution in [1.82, 2.24) is 9.38 Å². The van der Waals surface area contributed by atoms with Crippen molar-refractivity contribution in [3.05, 3.63) is 65.7 Å². The molecule has 0 N–H and O–H groups in total. The number of methoxy groups -OCH3 is 1. The molecule has 0 amide bonds. The monoisotopic (exact) mass is 266 g/mol. The van der Waals surface area contributed by atoms with Crippen LogP contribution in [0.25, 0.3) is 5.52 Å². The van der Waals surface area contributed by atoms with Crippen molar-refractivity contribution in [3.8, 4) is 5.75 Å². The van der Waals surface area contributed by atoms with Crippen LogP contribution in [-0.4, -0.2) is 22.8 Å². The molecular weight excluding hydrogens is 252 g/mol. The van der Waals surface area contributed by atoms with E-state index in [-0.39, 0.29) is 0 Å². The highest BCUT2D eigenvalue weighted by Gasteiger charge is 2.08. The second-order valence-corrected chi connectivity index (χ2v) is 4.53. The van der Waals surface area contributed by atoms with E-state index in [0.717, 1.165) is 28.9 Å². The lowest BCUT2D eigenvalue weighted by Gasteiger charge is -2.05. The molecule has 4 heteroatoms. The normalized spacial score (nSPS) is 10.7. The fraction of sp³-hybridized carbons (Fsp3) is 0.125. The van der Waals surface area contributed by atoms with Crippen LogP contribution in [0.3, 0.4) is 0 Å². The molecule has 0 aliphatic carbocycles. The summed E-state index contributed by atoms with van der Waals surface area (Å²) in [5.74, 6) is 1.68. The molecule has 0 spiro atoms. The summed E-state index contributed by atoms with van der Waals surface area (Å²) in [6.45, 7) is 0. The van der Waals surface area contributed by atoms with Crippen LogP contribution in [0.15, 0.2) is 48.7 Å². The Balaban J connectivity index is 1.99. The molecule has 0 saturated heterocycles.